The van der Waals surface area contributed by atoms with Gasteiger partial charge < -0.3 is 24.8 Å². The first kappa shape index (κ1) is 28.6. The van der Waals surface area contributed by atoms with E-state index in [0.29, 0.717) is 61.4 Å². The number of esters is 1. The summed E-state index contributed by atoms with van der Waals surface area (Å²) in [6.45, 7) is 8.44. The summed E-state index contributed by atoms with van der Waals surface area (Å²) in [5.74, 6) is -0.0795. The summed E-state index contributed by atoms with van der Waals surface area (Å²) in [5, 5.41) is 15.5. The quantitative estimate of drug-likeness (QED) is 0.339. The van der Waals surface area contributed by atoms with E-state index in [9.17, 15) is 14.7 Å². The molecule has 1 aliphatic carbocycles. The van der Waals surface area contributed by atoms with Crippen LogP contribution in [0.25, 0.3) is 0 Å². The Morgan fingerprint density at radius 1 is 1.03 bits per heavy atom. The molecule has 1 amide bonds. The van der Waals surface area contributed by atoms with Crippen LogP contribution in [0.3, 0.4) is 0 Å². The second-order valence-corrected chi connectivity index (χ2v) is 12.3. The first-order chi connectivity index (χ1) is 18.1. The van der Waals surface area contributed by atoms with Crippen molar-refractivity contribution in [2.75, 3.05) is 26.2 Å². The molecule has 1 unspecified atom stereocenters. The maximum Gasteiger partial charge on any atom is 0.417 e. The summed E-state index contributed by atoms with van der Waals surface area (Å²) in [6.07, 6.45) is 2.83. The van der Waals surface area contributed by atoms with Gasteiger partial charge in [-0.2, -0.15) is 0 Å². The summed E-state index contributed by atoms with van der Waals surface area (Å²) in [7, 11) is 0. The third-order valence-electron chi connectivity index (χ3n) is 7.97. The average molecular weight is 588 g/mol. The van der Waals surface area contributed by atoms with E-state index >= 15 is 0 Å². The van der Waals surface area contributed by atoms with E-state index in [1.165, 1.54) is 0 Å². The second kappa shape index (κ2) is 11.8. The van der Waals surface area contributed by atoms with Gasteiger partial charge in [0.15, 0.2) is 0 Å². The predicted octanol–water partition coefficient (Wildman–Crippen LogP) is 5.58. The Hall–Kier alpha value is -2.42. The van der Waals surface area contributed by atoms with Gasteiger partial charge in [-0.15, -0.1) is 0 Å². The number of rotatable bonds is 6. The number of benzene rings is 2. The van der Waals surface area contributed by atoms with E-state index in [4.69, 9.17) is 9.47 Å². The van der Waals surface area contributed by atoms with Gasteiger partial charge in [0.1, 0.15) is 17.8 Å². The van der Waals surface area contributed by atoms with E-state index in [2.05, 4.69) is 21.2 Å². The lowest BCUT2D eigenvalue weighted by atomic mass is 9.51. The molecule has 0 bridgehead atoms. The molecule has 4 rings (SSSR count). The number of carbonyl (C=O) groups is 2. The highest BCUT2D eigenvalue weighted by molar-refractivity contribution is 9.10. The van der Waals surface area contributed by atoms with Crippen molar-refractivity contribution in [2.45, 2.75) is 70.5 Å². The van der Waals surface area contributed by atoms with Gasteiger partial charge in [0.25, 0.3) is 0 Å². The van der Waals surface area contributed by atoms with Crippen molar-refractivity contribution in [1.82, 2.24) is 10.2 Å². The Morgan fingerprint density at radius 2 is 1.68 bits per heavy atom. The number of hydrogen-bond donors (Lipinski definition) is 2. The summed E-state index contributed by atoms with van der Waals surface area (Å²) in [4.78, 5) is 28.9. The van der Waals surface area contributed by atoms with Crippen molar-refractivity contribution in [3.05, 3.63) is 64.1 Å². The van der Waals surface area contributed by atoms with Gasteiger partial charge in [-0.1, -0.05) is 76.4 Å². The van der Waals surface area contributed by atoms with Crippen LogP contribution >= 0.6 is 15.9 Å². The van der Waals surface area contributed by atoms with Crippen molar-refractivity contribution in [3.63, 3.8) is 0 Å². The maximum atomic E-state index is 14.3. The molecule has 0 spiro atoms. The zero-order valence-corrected chi connectivity index (χ0v) is 24.2. The second-order valence-electron chi connectivity index (χ2n) is 11.4. The molecule has 1 saturated carbocycles. The van der Waals surface area contributed by atoms with E-state index < -0.39 is 28.5 Å². The SMILES string of the molecule is CC(C)(C)C(C(=O)OC(=O)N1CCNCC1)(c1ccc(OCc2ccccc2)c(Br)c1)C1(O)CCCCC1. The van der Waals surface area contributed by atoms with Crippen molar-refractivity contribution >= 4 is 28.0 Å². The monoisotopic (exact) mass is 586 g/mol. The third kappa shape index (κ3) is 5.63. The number of amides is 1. The molecule has 2 N–H and O–H groups in total. The third-order valence-corrected chi connectivity index (χ3v) is 8.59. The Labute approximate surface area is 234 Å². The summed E-state index contributed by atoms with van der Waals surface area (Å²) in [6, 6.07) is 15.4. The molecule has 1 atom stereocenters. The van der Waals surface area contributed by atoms with E-state index in [-0.39, 0.29) is 0 Å². The van der Waals surface area contributed by atoms with Crippen LogP contribution in [0.2, 0.25) is 0 Å². The summed E-state index contributed by atoms with van der Waals surface area (Å²) < 4.78 is 12.4. The molecule has 1 aliphatic heterocycles. The van der Waals surface area contributed by atoms with Gasteiger partial charge >= 0.3 is 12.1 Å². The smallest absolute Gasteiger partial charge is 0.417 e. The number of aliphatic hydroxyl groups is 1. The van der Waals surface area contributed by atoms with Crippen LogP contribution in [-0.2, 0) is 21.6 Å². The lowest BCUT2D eigenvalue weighted by molar-refractivity contribution is -0.175. The van der Waals surface area contributed by atoms with Gasteiger partial charge in [-0.3, -0.25) is 4.79 Å². The van der Waals surface area contributed by atoms with Gasteiger partial charge in [-0.05, 0) is 57.4 Å². The minimum absolute atomic E-state index is 0.397. The largest absolute Gasteiger partial charge is 0.488 e. The van der Waals surface area contributed by atoms with Crippen LogP contribution in [0, 0.1) is 5.41 Å². The van der Waals surface area contributed by atoms with Gasteiger partial charge in [0.2, 0.25) is 0 Å². The summed E-state index contributed by atoms with van der Waals surface area (Å²) >= 11 is 3.64. The number of nitrogens with zero attached hydrogens (tertiary/aromatic N) is 1. The number of ether oxygens (including phenoxy) is 2. The molecule has 2 aromatic rings. The van der Waals surface area contributed by atoms with Gasteiger partial charge in [0.05, 0.1) is 10.1 Å². The Morgan fingerprint density at radius 3 is 2.29 bits per heavy atom. The molecule has 2 fully saturated rings. The fourth-order valence-corrected chi connectivity index (χ4v) is 6.67. The molecule has 38 heavy (non-hydrogen) atoms. The molecule has 2 aromatic carbocycles. The normalized spacial score (nSPS) is 19.3. The van der Waals surface area contributed by atoms with Crippen molar-refractivity contribution in [3.8, 4) is 5.75 Å². The zero-order valence-electron chi connectivity index (χ0n) is 22.6. The fraction of sp³-hybridized carbons (Fsp3) is 0.533. The van der Waals surface area contributed by atoms with Crippen LogP contribution in [0.15, 0.2) is 53.0 Å². The average Bonchev–Trinajstić information content (AvgIpc) is 2.89. The van der Waals surface area contributed by atoms with Crippen LogP contribution in [0.1, 0.15) is 64.0 Å². The predicted molar refractivity (Wildman–Crippen MR) is 150 cm³/mol. The topological polar surface area (TPSA) is 88.1 Å². The lowest BCUT2D eigenvalue weighted by Crippen LogP contribution is -2.65. The Balaban J connectivity index is 1.73. The molecule has 206 valence electrons. The van der Waals surface area contributed by atoms with E-state index in [0.717, 1.165) is 24.8 Å². The van der Waals surface area contributed by atoms with Crippen molar-refractivity contribution in [1.29, 1.82) is 0 Å². The first-order valence-corrected chi connectivity index (χ1v) is 14.3. The van der Waals surface area contributed by atoms with Gasteiger partial charge in [0, 0.05) is 26.2 Å². The van der Waals surface area contributed by atoms with Crippen LogP contribution in [-0.4, -0.2) is 53.8 Å². The molecule has 0 radical (unpaired) electrons. The fourth-order valence-electron chi connectivity index (χ4n) is 6.18. The Kier molecular flexibility index (Phi) is 8.85. The minimum atomic E-state index is -1.48. The van der Waals surface area contributed by atoms with Gasteiger partial charge in [-0.25, -0.2) is 4.79 Å². The zero-order chi connectivity index (χ0) is 27.4. The van der Waals surface area contributed by atoms with Crippen LogP contribution < -0.4 is 10.1 Å². The Bertz CT molecular complexity index is 1120. The van der Waals surface area contributed by atoms with Crippen molar-refractivity contribution < 1.29 is 24.2 Å². The molecular formula is C30H39BrN2O5. The molecule has 7 nitrogen and oxygen atoms in total. The van der Waals surface area contributed by atoms with Crippen LogP contribution in [0.4, 0.5) is 4.79 Å². The lowest BCUT2D eigenvalue weighted by Gasteiger charge is -2.54. The summed E-state index contributed by atoms with van der Waals surface area (Å²) in [5.41, 5.74) is -1.99. The maximum absolute atomic E-state index is 14.3. The molecule has 1 saturated heterocycles. The molecule has 2 aliphatic rings. The number of carbonyl (C=O) groups excluding carboxylic acids is 2. The van der Waals surface area contributed by atoms with Crippen molar-refractivity contribution in [2.24, 2.45) is 5.41 Å². The molecular weight excluding hydrogens is 548 g/mol. The highest BCUT2D eigenvalue weighted by Gasteiger charge is 2.64. The number of piperazine rings is 1. The standard InChI is InChI=1S/C30H39BrN2O5/c1-28(2,3)30(29(36)14-8-5-9-15-29,26(34)38-27(35)33-18-16-32-17-19-33)23-12-13-25(24(31)20-23)37-21-22-10-6-4-7-11-22/h4,6-7,10-13,20,32,36H,5,8-9,14-19,21H2,1-3H3. The van der Waals surface area contributed by atoms with E-state index in [1.54, 1.807) is 4.90 Å². The highest BCUT2D eigenvalue weighted by Crippen LogP contribution is 2.55. The molecule has 0 aromatic heterocycles. The number of halogens is 1. The van der Waals surface area contributed by atoms with Crippen LogP contribution in [0.5, 0.6) is 5.75 Å². The number of hydrogen-bond acceptors (Lipinski definition) is 6. The number of nitrogens with one attached hydrogen (secondary N) is 1. The highest BCUT2D eigenvalue weighted by atomic mass is 79.9. The minimum Gasteiger partial charge on any atom is -0.488 e. The molecule has 8 heteroatoms. The molecule has 1 heterocycles. The van der Waals surface area contributed by atoms with E-state index in [1.807, 2.05) is 69.3 Å². The first-order valence-electron chi connectivity index (χ1n) is 13.5.